The van der Waals surface area contributed by atoms with Crippen molar-refractivity contribution in [2.45, 2.75) is 0 Å². The molecule has 0 atom stereocenters. The van der Waals surface area contributed by atoms with Gasteiger partial charge in [0.05, 0.1) is 31.5 Å². The van der Waals surface area contributed by atoms with Crippen LogP contribution >= 0.6 is 11.6 Å². The molecule has 0 aliphatic carbocycles. The van der Waals surface area contributed by atoms with Gasteiger partial charge in [-0.2, -0.15) is 20.2 Å². The molecular weight excluding hydrogens is 282 g/mol. The summed E-state index contributed by atoms with van der Waals surface area (Å²) in [7, 11) is 2.93. The minimum absolute atomic E-state index is 0.00645. The second-order valence-corrected chi connectivity index (χ2v) is 3.90. The van der Waals surface area contributed by atoms with Crippen molar-refractivity contribution in [1.82, 2.24) is 15.0 Å². The van der Waals surface area contributed by atoms with Crippen LogP contribution in [0.5, 0.6) is 11.8 Å². The maximum atomic E-state index is 8.85. The van der Waals surface area contributed by atoms with Gasteiger partial charge in [-0.1, -0.05) is 0 Å². The number of nitriles is 1. The van der Waals surface area contributed by atoms with Gasteiger partial charge < -0.3 is 14.8 Å². The Morgan fingerprint density at radius 2 is 2.00 bits per heavy atom. The second kappa shape index (κ2) is 6.04. The molecule has 0 unspecified atom stereocenters. The van der Waals surface area contributed by atoms with E-state index in [4.69, 9.17) is 26.3 Å². The molecule has 2 rings (SSSR count). The molecule has 0 amide bonds. The Labute approximate surface area is 120 Å². The number of rotatable bonds is 4. The smallest absolute Gasteiger partial charge is 0.322 e. The highest BCUT2D eigenvalue weighted by molar-refractivity contribution is 6.28. The molecule has 20 heavy (non-hydrogen) atoms. The van der Waals surface area contributed by atoms with Crippen LogP contribution in [-0.2, 0) is 0 Å². The fraction of sp³-hybridized carbons (Fsp3) is 0.167. The highest BCUT2D eigenvalue weighted by Crippen LogP contribution is 2.28. The lowest BCUT2D eigenvalue weighted by Crippen LogP contribution is -2.03. The van der Waals surface area contributed by atoms with Gasteiger partial charge in [-0.05, 0) is 23.7 Å². The normalized spacial score (nSPS) is 9.70. The Bertz CT molecular complexity index is 671. The first-order chi connectivity index (χ1) is 9.66. The van der Waals surface area contributed by atoms with E-state index in [1.807, 2.05) is 6.07 Å². The van der Waals surface area contributed by atoms with E-state index in [1.165, 1.54) is 14.2 Å². The number of hydrogen-bond acceptors (Lipinski definition) is 7. The van der Waals surface area contributed by atoms with Crippen molar-refractivity contribution in [3.8, 4) is 17.8 Å². The number of halogens is 1. The van der Waals surface area contributed by atoms with Crippen LogP contribution in [0.4, 0.5) is 11.6 Å². The molecule has 0 saturated heterocycles. The standard InChI is InChI=1S/C12H10ClN5O2/c1-19-9-5-7(6-14)3-4-8(9)15-11-16-10(13)17-12(18-11)20-2/h3-5H,1-2H3,(H,15,16,17,18). The molecule has 0 aliphatic rings. The van der Waals surface area contributed by atoms with Crippen molar-refractivity contribution in [3.05, 3.63) is 29.0 Å². The van der Waals surface area contributed by atoms with E-state index in [1.54, 1.807) is 18.2 Å². The summed E-state index contributed by atoms with van der Waals surface area (Å²) in [6, 6.07) is 7.05. The third kappa shape index (κ3) is 3.05. The number of nitrogens with zero attached hydrogens (tertiary/aromatic N) is 4. The van der Waals surface area contributed by atoms with Gasteiger partial charge >= 0.3 is 6.01 Å². The first kappa shape index (κ1) is 13.8. The van der Waals surface area contributed by atoms with E-state index < -0.39 is 0 Å². The van der Waals surface area contributed by atoms with Gasteiger partial charge in [0.1, 0.15) is 5.75 Å². The minimum Gasteiger partial charge on any atom is -0.495 e. The molecule has 102 valence electrons. The Morgan fingerprint density at radius 3 is 2.65 bits per heavy atom. The maximum Gasteiger partial charge on any atom is 0.322 e. The first-order valence-electron chi connectivity index (χ1n) is 5.47. The monoisotopic (exact) mass is 291 g/mol. The van der Waals surface area contributed by atoms with E-state index in [0.717, 1.165) is 0 Å². The SMILES string of the molecule is COc1nc(Cl)nc(Nc2ccc(C#N)cc2OC)n1. The Balaban J connectivity index is 2.34. The summed E-state index contributed by atoms with van der Waals surface area (Å²) in [5.74, 6) is 0.699. The molecule has 1 N–H and O–H groups in total. The van der Waals surface area contributed by atoms with Gasteiger partial charge in [0, 0.05) is 6.07 Å². The third-order valence-electron chi connectivity index (χ3n) is 2.35. The predicted molar refractivity (Wildman–Crippen MR) is 72.4 cm³/mol. The number of hydrogen-bond donors (Lipinski definition) is 1. The number of benzene rings is 1. The molecule has 0 fully saturated rings. The predicted octanol–water partition coefficient (Wildman–Crippen LogP) is 2.16. The molecule has 2 aromatic rings. The maximum absolute atomic E-state index is 8.85. The van der Waals surface area contributed by atoms with Crippen molar-refractivity contribution in [3.63, 3.8) is 0 Å². The van der Waals surface area contributed by atoms with Gasteiger partial charge in [-0.25, -0.2) is 0 Å². The molecule has 0 saturated carbocycles. The molecule has 0 aliphatic heterocycles. The summed E-state index contributed by atoms with van der Waals surface area (Å²) in [5.41, 5.74) is 1.08. The number of aromatic nitrogens is 3. The number of nitrogens with one attached hydrogen (secondary N) is 1. The summed E-state index contributed by atoms with van der Waals surface area (Å²) in [6.07, 6.45) is 0. The van der Waals surface area contributed by atoms with Crippen LogP contribution in [-0.4, -0.2) is 29.2 Å². The van der Waals surface area contributed by atoms with E-state index in [9.17, 15) is 0 Å². The molecule has 7 nitrogen and oxygen atoms in total. The van der Waals surface area contributed by atoms with Crippen LogP contribution < -0.4 is 14.8 Å². The van der Waals surface area contributed by atoms with Crippen LogP contribution in [0, 0.1) is 11.3 Å². The van der Waals surface area contributed by atoms with Crippen molar-refractivity contribution >= 4 is 23.2 Å². The largest absolute Gasteiger partial charge is 0.495 e. The van der Waals surface area contributed by atoms with Crippen molar-refractivity contribution in [2.24, 2.45) is 0 Å². The summed E-state index contributed by atoms with van der Waals surface area (Å²) < 4.78 is 10.1. The zero-order chi connectivity index (χ0) is 14.5. The molecule has 1 aromatic heterocycles. The zero-order valence-electron chi connectivity index (χ0n) is 10.7. The van der Waals surface area contributed by atoms with E-state index >= 15 is 0 Å². The van der Waals surface area contributed by atoms with Crippen molar-refractivity contribution in [2.75, 3.05) is 19.5 Å². The van der Waals surface area contributed by atoms with Gasteiger partial charge in [0.25, 0.3) is 0 Å². The van der Waals surface area contributed by atoms with Gasteiger partial charge in [-0.3, -0.25) is 0 Å². The number of ether oxygens (including phenoxy) is 2. The molecule has 1 heterocycles. The molecular formula is C12H10ClN5O2. The fourth-order valence-corrected chi connectivity index (χ4v) is 1.62. The Hall–Kier alpha value is -2.59. The average molecular weight is 292 g/mol. The van der Waals surface area contributed by atoms with E-state index in [2.05, 4.69) is 20.3 Å². The van der Waals surface area contributed by atoms with Gasteiger partial charge in [0.15, 0.2) is 0 Å². The van der Waals surface area contributed by atoms with E-state index in [0.29, 0.717) is 17.0 Å². The van der Waals surface area contributed by atoms with Gasteiger partial charge in [-0.15, -0.1) is 0 Å². The first-order valence-corrected chi connectivity index (χ1v) is 5.84. The van der Waals surface area contributed by atoms with Crippen LogP contribution in [0.2, 0.25) is 5.28 Å². The Kier molecular flexibility index (Phi) is 4.17. The fourth-order valence-electron chi connectivity index (χ4n) is 1.46. The summed E-state index contributed by atoms with van der Waals surface area (Å²) in [4.78, 5) is 11.7. The third-order valence-corrected chi connectivity index (χ3v) is 2.52. The van der Waals surface area contributed by atoms with Crippen LogP contribution in [0.3, 0.4) is 0 Å². The lowest BCUT2D eigenvalue weighted by Gasteiger charge is -2.10. The average Bonchev–Trinajstić information content (AvgIpc) is 2.47. The highest BCUT2D eigenvalue weighted by atomic mass is 35.5. The number of anilines is 2. The quantitative estimate of drug-likeness (QED) is 0.922. The number of methoxy groups -OCH3 is 2. The molecule has 0 bridgehead atoms. The van der Waals surface area contributed by atoms with Crippen LogP contribution in [0.15, 0.2) is 18.2 Å². The lowest BCUT2D eigenvalue weighted by molar-refractivity contribution is 0.379. The highest BCUT2D eigenvalue weighted by Gasteiger charge is 2.09. The van der Waals surface area contributed by atoms with Gasteiger partial charge in [0.2, 0.25) is 11.2 Å². The minimum atomic E-state index is 0.00645. The molecule has 0 radical (unpaired) electrons. The van der Waals surface area contributed by atoms with Crippen LogP contribution in [0.25, 0.3) is 0 Å². The molecule has 1 aromatic carbocycles. The molecule has 8 heteroatoms. The van der Waals surface area contributed by atoms with Crippen molar-refractivity contribution in [1.29, 1.82) is 5.26 Å². The topological polar surface area (TPSA) is 93.0 Å². The van der Waals surface area contributed by atoms with E-state index in [-0.39, 0.29) is 17.2 Å². The second-order valence-electron chi connectivity index (χ2n) is 3.57. The van der Waals surface area contributed by atoms with Crippen molar-refractivity contribution < 1.29 is 9.47 Å². The summed E-state index contributed by atoms with van der Waals surface area (Å²) in [5, 5.41) is 11.8. The zero-order valence-corrected chi connectivity index (χ0v) is 11.5. The Morgan fingerprint density at radius 1 is 1.20 bits per heavy atom. The summed E-state index contributed by atoms with van der Waals surface area (Å²) >= 11 is 5.76. The molecule has 0 spiro atoms. The summed E-state index contributed by atoms with van der Waals surface area (Å²) in [6.45, 7) is 0. The lowest BCUT2D eigenvalue weighted by atomic mass is 10.2. The van der Waals surface area contributed by atoms with Crippen LogP contribution in [0.1, 0.15) is 5.56 Å².